The van der Waals surface area contributed by atoms with Gasteiger partial charge in [0.1, 0.15) is 0 Å². The molecule has 0 bridgehead atoms. The molecule has 0 aliphatic rings. The van der Waals surface area contributed by atoms with Crippen LogP contribution in [0.5, 0.6) is 0 Å². The van der Waals surface area contributed by atoms with Crippen molar-refractivity contribution >= 4 is 27.3 Å². The fourth-order valence-corrected chi connectivity index (χ4v) is 1.81. The largest absolute Gasteiger partial charge is 0.247 e. The molecule has 2 atom stereocenters. The molecule has 0 aliphatic carbocycles. The zero-order valence-electron chi connectivity index (χ0n) is 7.67. The lowest BCUT2D eigenvalue weighted by atomic mass is 10.0. The molecule has 1 heterocycles. The van der Waals surface area contributed by atoms with Gasteiger partial charge < -0.3 is 0 Å². The Morgan fingerprint density at radius 3 is 2.67 bits per heavy atom. The lowest BCUT2D eigenvalue weighted by Gasteiger charge is -2.11. The van der Waals surface area contributed by atoms with Crippen molar-refractivity contribution in [2.24, 2.45) is 5.92 Å². The molecule has 0 saturated carbocycles. The first-order chi connectivity index (χ1) is 5.59. The van der Waals surface area contributed by atoms with Crippen molar-refractivity contribution in [3.8, 4) is 0 Å². The van der Waals surface area contributed by atoms with Crippen molar-refractivity contribution < 1.29 is 0 Å². The van der Waals surface area contributed by atoms with Crippen molar-refractivity contribution in [1.82, 2.24) is 4.98 Å². The van der Waals surface area contributed by atoms with Crippen LogP contribution in [0.25, 0.3) is 0 Å². The molecule has 0 amide bonds. The lowest BCUT2D eigenvalue weighted by Crippen LogP contribution is -2.09. The molecule has 1 nitrogen and oxygen atoms in total. The standard InChI is InChI=1S/C9H14BrNS/c1-6(7(2)10)4-9-5-12-8(3)11-9/h5-7H,4H2,1-3H3. The van der Waals surface area contributed by atoms with E-state index in [2.05, 4.69) is 47.1 Å². The predicted octanol–water partition coefficient (Wildman–Crippen LogP) is 3.41. The molecule has 68 valence electrons. The maximum atomic E-state index is 4.43. The first kappa shape index (κ1) is 10.2. The smallest absolute Gasteiger partial charge is 0.0897 e. The van der Waals surface area contributed by atoms with Gasteiger partial charge in [0.15, 0.2) is 0 Å². The molecule has 0 aliphatic heterocycles. The number of thiazole rings is 1. The summed E-state index contributed by atoms with van der Waals surface area (Å²) in [5.74, 6) is 0.659. The van der Waals surface area contributed by atoms with Crippen LogP contribution in [0.2, 0.25) is 0 Å². The molecule has 0 aromatic carbocycles. The Bertz CT molecular complexity index is 244. The Morgan fingerprint density at radius 2 is 2.25 bits per heavy atom. The van der Waals surface area contributed by atoms with Gasteiger partial charge in [-0.15, -0.1) is 11.3 Å². The van der Waals surface area contributed by atoms with E-state index in [9.17, 15) is 0 Å². The van der Waals surface area contributed by atoms with Crippen LogP contribution >= 0.6 is 27.3 Å². The molecule has 0 radical (unpaired) electrons. The molecule has 0 fully saturated rings. The number of alkyl halides is 1. The van der Waals surface area contributed by atoms with Gasteiger partial charge in [0.05, 0.1) is 10.7 Å². The van der Waals surface area contributed by atoms with Crippen LogP contribution in [0.4, 0.5) is 0 Å². The molecule has 12 heavy (non-hydrogen) atoms. The van der Waals surface area contributed by atoms with Crippen LogP contribution in [-0.4, -0.2) is 9.81 Å². The van der Waals surface area contributed by atoms with Gasteiger partial charge in [0.25, 0.3) is 0 Å². The summed E-state index contributed by atoms with van der Waals surface area (Å²) in [6.45, 7) is 6.48. The molecule has 2 unspecified atom stereocenters. The SMILES string of the molecule is Cc1nc(CC(C)C(C)Br)cs1. The molecule has 1 aromatic rings. The van der Waals surface area contributed by atoms with E-state index < -0.39 is 0 Å². The summed E-state index contributed by atoms with van der Waals surface area (Å²) in [4.78, 5) is 5.00. The summed E-state index contributed by atoms with van der Waals surface area (Å²) in [6, 6.07) is 0. The Balaban J connectivity index is 2.52. The summed E-state index contributed by atoms with van der Waals surface area (Å²) in [7, 11) is 0. The molecule has 1 aromatic heterocycles. The number of halogens is 1. The normalized spacial score (nSPS) is 16.0. The minimum Gasteiger partial charge on any atom is -0.247 e. The van der Waals surface area contributed by atoms with Crippen LogP contribution in [0.1, 0.15) is 24.5 Å². The quantitative estimate of drug-likeness (QED) is 0.747. The topological polar surface area (TPSA) is 12.9 Å². The van der Waals surface area contributed by atoms with E-state index in [1.54, 1.807) is 11.3 Å². The van der Waals surface area contributed by atoms with Gasteiger partial charge in [-0.3, -0.25) is 0 Å². The Labute approximate surface area is 86.3 Å². The first-order valence-electron chi connectivity index (χ1n) is 4.14. The highest BCUT2D eigenvalue weighted by Crippen LogP contribution is 2.18. The minimum atomic E-state index is 0.569. The molecule has 0 spiro atoms. The third kappa shape index (κ3) is 2.87. The van der Waals surface area contributed by atoms with Crippen LogP contribution in [0.3, 0.4) is 0 Å². The molecule has 3 heteroatoms. The molecule has 0 saturated heterocycles. The van der Waals surface area contributed by atoms with Crippen LogP contribution in [0, 0.1) is 12.8 Å². The van der Waals surface area contributed by atoms with Gasteiger partial charge in [-0.1, -0.05) is 29.8 Å². The molecule has 1 rings (SSSR count). The Kier molecular flexibility index (Phi) is 3.72. The second-order valence-corrected chi connectivity index (χ2v) is 5.72. The van der Waals surface area contributed by atoms with E-state index >= 15 is 0 Å². The summed E-state index contributed by atoms with van der Waals surface area (Å²) in [5.41, 5.74) is 1.23. The summed E-state index contributed by atoms with van der Waals surface area (Å²) in [5, 5.41) is 3.32. The molecular formula is C9H14BrNS. The van der Waals surface area contributed by atoms with Crippen LogP contribution in [0.15, 0.2) is 5.38 Å². The third-order valence-corrected chi connectivity index (χ3v) is 3.71. The second kappa shape index (κ2) is 4.38. The zero-order chi connectivity index (χ0) is 9.14. The number of hydrogen-bond acceptors (Lipinski definition) is 2. The number of aromatic nitrogens is 1. The predicted molar refractivity (Wildman–Crippen MR) is 58.1 cm³/mol. The highest BCUT2D eigenvalue weighted by Gasteiger charge is 2.10. The molecular weight excluding hydrogens is 234 g/mol. The van der Waals surface area contributed by atoms with Crippen LogP contribution in [-0.2, 0) is 6.42 Å². The third-order valence-electron chi connectivity index (χ3n) is 1.98. The van der Waals surface area contributed by atoms with Crippen LogP contribution < -0.4 is 0 Å². The van der Waals surface area contributed by atoms with Crippen molar-refractivity contribution in [2.45, 2.75) is 32.0 Å². The van der Waals surface area contributed by atoms with Gasteiger partial charge in [-0.25, -0.2) is 4.98 Å². The average molecular weight is 248 g/mol. The first-order valence-corrected chi connectivity index (χ1v) is 5.94. The fourth-order valence-electron chi connectivity index (χ4n) is 0.994. The number of aryl methyl sites for hydroxylation is 1. The van der Waals surface area contributed by atoms with Gasteiger partial charge in [-0.2, -0.15) is 0 Å². The summed E-state index contributed by atoms with van der Waals surface area (Å²) in [6.07, 6.45) is 1.08. The summed E-state index contributed by atoms with van der Waals surface area (Å²) < 4.78 is 0. The maximum absolute atomic E-state index is 4.43. The Morgan fingerprint density at radius 1 is 1.58 bits per heavy atom. The van der Waals surface area contributed by atoms with E-state index in [-0.39, 0.29) is 0 Å². The number of nitrogens with zero attached hydrogens (tertiary/aromatic N) is 1. The maximum Gasteiger partial charge on any atom is 0.0897 e. The summed E-state index contributed by atoms with van der Waals surface area (Å²) >= 11 is 5.31. The number of hydrogen-bond donors (Lipinski definition) is 0. The van der Waals surface area contributed by atoms with Crippen molar-refractivity contribution in [3.63, 3.8) is 0 Å². The minimum absolute atomic E-state index is 0.569. The van der Waals surface area contributed by atoms with E-state index in [4.69, 9.17) is 0 Å². The molecule has 0 N–H and O–H groups in total. The number of rotatable bonds is 3. The van der Waals surface area contributed by atoms with Gasteiger partial charge >= 0.3 is 0 Å². The van der Waals surface area contributed by atoms with Crippen molar-refractivity contribution in [2.75, 3.05) is 0 Å². The average Bonchev–Trinajstić information content (AvgIpc) is 2.35. The van der Waals surface area contributed by atoms with Crippen molar-refractivity contribution in [1.29, 1.82) is 0 Å². The Hall–Kier alpha value is 0.110. The van der Waals surface area contributed by atoms with Gasteiger partial charge in [-0.05, 0) is 19.3 Å². The second-order valence-electron chi connectivity index (χ2n) is 3.22. The monoisotopic (exact) mass is 247 g/mol. The fraction of sp³-hybridized carbons (Fsp3) is 0.667. The highest BCUT2D eigenvalue weighted by molar-refractivity contribution is 9.09. The van der Waals surface area contributed by atoms with E-state index in [0.29, 0.717) is 10.7 Å². The van der Waals surface area contributed by atoms with Gasteiger partial charge in [0, 0.05) is 10.2 Å². The van der Waals surface area contributed by atoms with E-state index in [1.165, 1.54) is 10.7 Å². The highest BCUT2D eigenvalue weighted by atomic mass is 79.9. The zero-order valence-corrected chi connectivity index (χ0v) is 10.1. The lowest BCUT2D eigenvalue weighted by molar-refractivity contribution is 0.574. The van der Waals surface area contributed by atoms with E-state index in [1.807, 2.05) is 0 Å². The van der Waals surface area contributed by atoms with Crippen molar-refractivity contribution in [3.05, 3.63) is 16.1 Å². The van der Waals surface area contributed by atoms with Gasteiger partial charge in [0.2, 0.25) is 0 Å². The van der Waals surface area contributed by atoms with E-state index in [0.717, 1.165) is 6.42 Å².